The first-order chi connectivity index (χ1) is 10.3. The number of nitrogens with one attached hydrogen (secondary N) is 2. The van der Waals surface area contributed by atoms with E-state index in [-0.39, 0.29) is 11.9 Å². The van der Waals surface area contributed by atoms with Gasteiger partial charge in [0.2, 0.25) is 0 Å². The van der Waals surface area contributed by atoms with E-state index in [2.05, 4.69) is 16.7 Å². The predicted octanol–water partition coefficient (Wildman–Crippen LogP) is 2.47. The largest absolute Gasteiger partial charge is 0.391 e. The second-order valence-electron chi connectivity index (χ2n) is 6.16. The molecule has 1 heterocycles. The number of para-hydroxylation sites is 1. The van der Waals surface area contributed by atoms with Crippen molar-refractivity contribution < 1.29 is 9.90 Å². The zero-order valence-electron chi connectivity index (χ0n) is 12.4. The lowest BCUT2D eigenvalue weighted by Gasteiger charge is -2.24. The molecule has 2 unspecified atom stereocenters. The van der Waals surface area contributed by atoms with E-state index in [0.717, 1.165) is 57.2 Å². The van der Waals surface area contributed by atoms with Crippen molar-refractivity contribution in [1.82, 2.24) is 5.32 Å². The van der Waals surface area contributed by atoms with Gasteiger partial charge >= 0.3 is 0 Å². The minimum atomic E-state index is -0.413. The first kappa shape index (κ1) is 14.4. The van der Waals surface area contributed by atoms with Crippen molar-refractivity contribution in [3.63, 3.8) is 0 Å². The summed E-state index contributed by atoms with van der Waals surface area (Å²) in [6, 6.07) is 5.79. The van der Waals surface area contributed by atoms with Gasteiger partial charge in [0.05, 0.1) is 23.4 Å². The Kier molecular flexibility index (Phi) is 4.44. The van der Waals surface area contributed by atoms with Crippen LogP contribution in [0.4, 0.5) is 5.69 Å². The maximum atomic E-state index is 12.6. The minimum Gasteiger partial charge on any atom is -0.391 e. The number of benzene rings is 1. The van der Waals surface area contributed by atoms with E-state index < -0.39 is 6.10 Å². The number of amides is 1. The van der Waals surface area contributed by atoms with Gasteiger partial charge in [-0.1, -0.05) is 31.4 Å². The van der Waals surface area contributed by atoms with Crippen LogP contribution in [0, 0.1) is 0 Å². The summed E-state index contributed by atoms with van der Waals surface area (Å²) in [5, 5.41) is 16.5. The molecule has 1 amide bonds. The molecule has 2 atom stereocenters. The third-order valence-electron chi connectivity index (χ3n) is 4.62. The number of aryl methyl sites for hydroxylation is 1. The molecule has 0 spiro atoms. The summed E-state index contributed by atoms with van der Waals surface area (Å²) in [6.45, 7) is 0.920. The van der Waals surface area contributed by atoms with Gasteiger partial charge in [0.25, 0.3) is 5.91 Å². The van der Waals surface area contributed by atoms with E-state index >= 15 is 0 Å². The molecule has 2 aliphatic rings. The molecule has 0 saturated heterocycles. The SMILES string of the molecule is O=C(NC1CCCCCC1O)c1cccc2c1NCCC2. The highest BCUT2D eigenvalue weighted by molar-refractivity contribution is 6.00. The lowest BCUT2D eigenvalue weighted by molar-refractivity contribution is 0.0819. The maximum absolute atomic E-state index is 12.6. The number of carbonyl (C=O) groups excluding carboxylic acids is 1. The summed E-state index contributed by atoms with van der Waals surface area (Å²) >= 11 is 0. The molecule has 3 rings (SSSR count). The van der Waals surface area contributed by atoms with Crippen molar-refractivity contribution >= 4 is 11.6 Å². The number of anilines is 1. The fourth-order valence-electron chi connectivity index (χ4n) is 3.40. The van der Waals surface area contributed by atoms with Crippen LogP contribution < -0.4 is 10.6 Å². The van der Waals surface area contributed by atoms with E-state index in [1.54, 1.807) is 0 Å². The number of fused-ring (bicyclic) bond motifs is 1. The minimum absolute atomic E-state index is 0.0628. The number of hydrogen-bond acceptors (Lipinski definition) is 3. The van der Waals surface area contributed by atoms with Crippen LogP contribution in [0.25, 0.3) is 0 Å². The highest BCUT2D eigenvalue weighted by Crippen LogP contribution is 2.26. The van der Waals surface area contributed by atoms with Crippen molar-refractivity contribution in [2.24, 2.45) is 0 Å². The maximum Gasteiger partial charge on any atom is 0.253 e. The smallest absolute Gasteiger partial charge is 0.253 e. The van der Waals surface area contributed by atoms with Crippen LogP contribution >= 0.6 is 0 Å². The van der Waals surface area contributed by atoms with Gasteiger partial charge in [-0.2, -0.15) is 0 Å². The van der Waals surface area contributed by atoms with Gasteiger partial charge in [-0.05, 0) is 37.3 Å². The predicted molar refractivity (Wildman–Crippen MR) is 83.6 cm³/mol. The standard InChI is InChI=1S/C17H24N2O2/c20-15-10-3-1-2-9-14(15)19-17(21)13-8-4-6-12-7-5-11-18-16(12)13/h4,6,8,14-15,18,20H,1-3,5,7,9-11H2,(H,19,21). The Morgan fingerprint density at radius 3 is 2.95 bits per heavy atom. The molecule has 4 heteroatoms. The Labute approximate surface area is 125 Å². The summed E-state index contributed by atoms with van der Waals surface area (Å²) in [4.78, 5) is 12.6. The van der Waals surface area contributed by atoms with Crippen molar-refractivity contribution in [2.75, 3.05) is 11.9 Å². The van der Waals surface area contributed by atoms with Crippen LogP contribution in [-0.4, -0.2) is 29.7 Å². The number of aliphatic hydroxyl groups excluding tert-OH is 1. The second-order valence-corrected chi connectivity index (χ2v) is 6.16. The number of carbonyl (C=O) groups is 1. The van der Waals surface area contributed by atoms with Gasteiger partial charge in [-0.3, -0.25) is 4.79 Å². The Bertz CT molecular complexity index is 516. The number of rotatable bonds is 2. The molecule has 4 nitrogen and oxygen atoms in total. The molecule has 3 N–H and O–H groups in total. The average molecular weight is 288 g/mol. The first-order valence-corrected chi connectivity index (χ1v) is 8.10. The van der Waals surface area contributed by atoms with Gasteiger partial charge in [-0.15, -0.1) is 0 Å². The molecular formula is C17H24N2O2. The normalized spacial score (nSPS) is 25.4. The summed E-state index contributed by atoms with van der Waals surface area (Å²) in [5.41, 5.74) is 2.91. The Morgan fingerprint density at radius 2 is 2.05 bits per heavy atom. The second kappa shape index (κ2) is 6.48. The summed E-state index contributed by atoms with van der Waals surface area (Å²) < 4.78 is 0. The van der Waals surface area contributed by atoms with Crippen LogP contribution in [0.1, 0.15) is 54.4 Å². The topological polar surface area (TPSA) is 61.4 Å². The fourth-order valence-corrected chi connectivity index (χ4v) is 3.40. The lowest BCUT2D eigenvalue weighted by Crippen LogP contribution is -2.43. The molecule has 1 aromatic carbocycles. The van der Waals surface area contributed by atoms with Gasteiger partial charge in [0, 0.05) is 6.54 Å². The Morgan fingerprint density at radius 1 is 1.19 bits per heavy atom. The summed E-state index contributed by atoms with van der Waals surface area (Å²) in [7, 11) is 0. The van der Waals surface area contributed by atoms with E-state index in [9.17, 15) is 9.90 Å². The quantitative estimate of drug-likeness (QED) is 0.733. The third-order valence-corrected chi connectivity index (χ3v) is 4.62. The molecular weight excluding hydrogens is 264 g/mol. The van der Waals surface area contributed by atoms with E-state index in [0.29, 0.717) is 5.56 Å². The summed E-state index contributed by atoms with van der Waals surface area (Å²) in [5.74, 6) is -0.0628. The highest BCUT2D eigenvalue weighted by atomic mass is 16.3. The van der Waals surface area contributed by atoms with Gasteiger partial charge in [0.1, 0.15) is 0 Å². The van der Waals surface area contributed by atoms with Crippen molar-refractivity contribution in [3.05, 3.63) is 29.3 Å². The molecule has 0 radical (unpaired) electrons. The van der Waals surface area contributed by atoms with Crippen molar-refractivity contribution in [1.29, 1.82) is 0 Å². The molecule has 21 heavy (non-hydrogen) atoms. The molecule has 1 fully saturated rings. The molecule has 0 aromatic heterocycles. The summed E-state index contributed by atoms with van der Waals surface area (Å²) in [6.07, 6.45) is 6.65. The fraction of sp³-hybridized carbons (Fsp3) is 0.588. The van der Waals surface area contributed by atoms with Gasteiger partial charge < -0.3 is 15.7 Å². The van der Waals surface area contributed by atoms with Crippen molar-refractivity contribution in [2.45, 2.75) is 57.1 Å². The Hall–Kier alpha value is -1.55. The average Bonchev–Trinajstić information content (AvgIpc) is 2.71. The molecule has 1 saturated carbocycles. The first-order valence-electron chi connectivity index (χ1n) is 8.10. The lowest BCUT2D eigenvalue weighted by atomic mass is 9.98. The van der Waals surface area contributed by atoms with E-state index in [1.807, 2.05) is 12.1 Å². The van der Waals surface area contributed by atoms with Crippen LogP contribution in [-0.2, 0) is 6.42 Å². The molecule has 114 valence electrons. The molecule has 1 aliphatic heterocycles. The molecule has 0 bridgehead atoms. The van der Waals surface area contributed by atoms with E-state index in [4.69, 9.17) is 0 Å². The Balaban J connectivity index is 1.76. The van der Waals surface area contributed by atoms with Gasteiger partial charge in [-0.25, -0.2) is 0 Å². The number of aliphatic hydroxyl groups is 1. The highest BCUT2D eigenvalue weighted by Gasteiger charge is 2.25. The van der Waals surface area contributed by atoms with Crippen LogP contribution in [0.3, 0.4) is 0 Å². The van der Waals surface area contributed by atoms with E-state index in [1.165, 1.54) is 5.56 Å². The number of hydrogen-bond donors (Lipinski definition) is 3. The zero-order chi connectivity index (χ0) is 14.7. The van der Waals surface area contributed by atoms with Crippen LogP contribution in [0.2, 0.25) is 0 Å². The monoisotopic (exact) mass is 288 g/mol. The van der Waals surface area contributed by atoms with Crippen molar-refractivity contribution in [3.8, 4) is 0 Å². The van der Waals surface area contributed by atoms with Crippen LogP contribution in [0.5, 0.6) is 0 Å². The molecule has 1 aromatic rings. The van der Waals surface area contributed by atoms with Gasteiger partial charge in [0.15, 0.2) is 0 Å². The van der Waals surface area contributed by atoms with Crippen LogP contribution in [0.15, 0.2) is 18.2 Å². The third kappa shape index (κ3) is 3.21. The zero-order valence-corrected chi connectivity index (χ0v) is 12.4. The molecule has 1 aliphatic carbocycles.